The molecule has 0 bridgehead atoms. The third-order valence-electron chi connectivity index (χ3n) is 2.42. The van der Waals surface area contributed by atoms with Crippen molar-refractivity contribution in [2.75, 3.05) is 23.1 Å². The number of benzene rings is 1. The van der Waals surface area contributed by atoms with Gasteiger partial charge in [-0.1, -0.05) is 6.07 Å². The van der Waals surface area contributed by atoms with Crippen molar-refractivity contribution in [2.24, 2.45) is 0 Å². The quantitative estimate of drug-likeness (QED) is 0.755. The molecule has 15 heavy (non-hydrogen) atoms. The molecule has 84 valence electrons. The van der Waals surface area contributed by atoms with Crippen molar-refractivity contribution in [3.8, 4) is 0 Å². The summed E-state index contributed by atoms with van der Waals surface area (Å²) in [6, 6.07) is 6.50. The summed E-state index contributed by atoms with van der Waals surface area (Å²) in [6.45, 7) is 4.31. The fourth-order valence-electron chi connectivity index (χ4n) is 1.43. The second kappa shape index (κ2) is 5.91. The average Bonchev–Trinajstić information content (AvgIpc) is 2.20. The maximum absolute atomic E-state index is 5.76. The molecule has 1 aromatic rings. The van der Waals surface area contributed by atoms with Crippen LogP contribution < -0.4 is 11.1 Å². The molecule has 0 saturated heterocycles. The van der Waals surface area contributed by atoms with Gasteiger partial charge >= 0.3 is 0 Å². The molecule has 0 aromatic heterocycles. The van der Waals surface area contributed by atoms with Crippen LogP contribution >= 0.6 is 11.8 Å². The Labute approximate surface area is 96.6 Å². The maximum atomic E-state index is 5.76. The average molecular weight is 224 g/mol. The first-order valence-electron chi connectivity index (χ1n) is 5.25. The number of hydrogen-bond acceptors (Lipinski definition) is 3. The highest BCUT2D eigenvalue weighted by atomic mass is 32.2. The van der Waals surface area contributed by atoms with Gasteiger partial charge in [-0.25, -0.2) is 0 Å². The van der Waals surface area contributed by atoms with Crippen LogP contribution in [0.4, 0.5) is 11.4 Å². The smallest absolute Gasteiger partial charge is 0.0392 e. The molecule has 1 atom stereocenters. The molecule has 3 N–H and O–H groups in total. The number of anilines is 2. The van der Waals surface area contributed by atoms with Crippen molar-refractivity contribution in [1.29, 1.82) is 0 Å². The third kappa shape index (κ3) is 4.04. The van der Waals surface area contributed by atoms with Gasteiger partial charge in [0.2, 0.25) is 0 Å². The van der Waals surface area contributed by atoms with E-state index in [1.807, 2.05) is 23.9 Å². The van der Waals surface area contributed by atoms with Crippen molar-refractivity contribution in [3.63, 3.8) is 0 Å². The first-order chi connectivity index (χ1) is 7.13. The molecule has 0 spiro atoms. The minimum absolute atomic E-state index is 0.498. The van der Waals surface area contributed by atoms with Crippen LogP contribution in [-0.2, 0) is 0 Å². The summed E-state index contributed by atoms with van der Waals surface area (Å²) in [6.07, 6.45) is 3.31. The van der Waals surface area contributed by atoms with E-state index in [0.717, 1.165) is 11.4 Å². The minimum Gasteiger partial charge on any atom is -0.399 e. The van der Waals surface area contributed by atoms with Gasteiger partial charge in [-0.15, -0.1) is 0 Å². The molecule has 0 fully saturated rings. The molecule has 1 unspecified atom stereocenters. The van der Waals surface area contributed by atoms with Gasteiger partial charge in [0.05, 0.1) is 0 Å². The van der Waals surface area contributed by atoms with Gasteiger partial charge in [-0.3, -0.25) is 0 Å². The number of thioether (sulfide) groups is 1. The zero-order valence-corrected chi connectivity index (χ0v) is 10.5. The molecule has 0 heterocycles. The molecule has 0 saturated carbocycles. The summed E-state index contributed by atoms with van der Waals surface area (Å²) in [5.41, 5.74) is 8.99. The zero-order chi connectivity index (χ0) is 11.3. The molecule has 2 nitrogen and oxygen atoms in total. The lowest BCUT2D eigenvalue weighted by Crippen LogP contribution is -2.16. The SMILES string of the molecule is CSCCC(C)Nc1cc(N)ccc1C. The summed E-state index contributed by atoms with van der Waals surface area (Å²) < 4.78 is 0. The lowest BCUT2D eigenvalue weighted by Gasteiger charge is -2.16. The van der Waals surface area contributed by atoms with Crippen LogP contribution in [0.2, 0.25) is 0 Å². The van der Waals surface area contributed by atoms with Gasteiger partial charge < -0.3 is 11.1 Å². The van der Waals surface area contributed by atoms with E-state index in [-0.39, 0.29) is 0 Å². The van der Waals surface area contributed by atoms with Crippen molar-refractivity contribution in [1.82, 2.24) is 0 Å². The summed E-state index contributed by atoms with van der Waals surface area (Å²) >= 11 is 1.88. The monoisotopic (exact) mass is 224 g/mol. The summed E-state index contributed by atoms with van der Waals surface area (Å²) in [7, 11) is 0. The van der Waals surface area contributed by atoms with Crippen LogP contribution in [-0.4, -0.2) is 18.1 Å². The number of rotatable bonds is 5. The summed E-state index contributed by atoms with van der Waals surface area (Å²) in [5, 5.41) is 3.49. The van der Waals surface area contributed by atoms with E-state index in [2.05, 4.69) is 31.5 Å². The molecule has 0 aliphatic rings. The Morgan fingerprint density at radius 3 is 2.87 bits per heavy atom. The van der Waals surface area contributed by atoms with Gasteiger partial charge in [0.25, 0.3) is 0 Å². The standard InChI is InChI=1S/C12H20N2S/c1-9-4-5-11(13)8-12(9)14-10(2)6-7-15-3/h4-5,8,10,14H,6-7,13H2,1-3H3. The Bertz CT molecular complexity index is 312. The molecular weight excluding hydrogens is 204 g/mol. The number of aryl methyl sites for hydroxylation is 1. The van der Waals surface area contributed by atoms with Crippen LogP contribution in [0.15, 0.2) is 18.2 Å². The molecular formula is C12H20N2S. The van der Waals surface area contributed by atoms with Gasteiger partial charge in [-0.2, -0.15) is 11.8 Å². The first-order valence-corrected chi connectivity index (χ1v) is 6.64. The molecule has 0 amide bonds. The molecule has 1 rings (SSSR count). The van der Waals surface area contributed by atoms with Gasteiger partial charge in [-0.05, 0) is 50.0 Å². The lowest BCUT2D eigenvalue weighted by molar-refractivity contribution is 0.771. The lowest BCUT2D eigenvalue weighted by atomic mass is 10.1. The fourth-order valence-corrected chi connectivity index (χ4v) is 2.02. The van der Waals surface area contributed by atoms with Crippen LogP contribution in [0.5, 0.6) is 0 Å². The number of nitrogens with two attached hydrogens (primary N) is 1. The molecule has 1 aromatic carbocycles. The Balaban J connectivity index is 2.59. The highest BCUT2D eigenvalue weighted by molar-refractivity contribution is 7.98. The van der Waals surface area contributed by atoms with E-state index in [4.69, 9.17) is 5.73 Å². The molecule has 0 aliphatic heterocycles. The zero-order valence-electron chi connectivity index (χ0n) is 9.71. The third-order valence-corrected chi connectivity index (χ3v) is 3.06. The van der Waals surface area contributed by atoms with Crippen LogP contribution in [0, 0.1) is 6.92 Å². The Hall–Kier alpha value is -0.830. The van der Waals surface area contributed by atoms with Crippen LogP contribution in [0.3, 0.4) is 0 Å². The second-order valence-electron chi connectivity index (χ2n) is 3.90. The van der Waals surface area contributed by atoms with Gasteiger partial charge in [0.1, 0.15) is 0 Å². The molecule has 0 aliphatic carbocycles. The summed E-state index contributed by atoms with van der Waals surface area (Å²) in [4.78, 5) is 0. The summed E-state index contributed by atoms with van der Waals surface area (Å²) in [5.74, 6) is 1.19. The Morgan fingerprint density at radius 1 is 1.47 bits per heavy atom. The highest BCUT2D eigenvalue weighted by Gasteiger charge is 2.04. The maximum Gasteiger partial charge on any atom is 0.0392 e. The molecule has 3 heteroatoms. The molecule has 0 radical (unpaired) electrons. The first kappa shape index (κ1) is 12.2. The van der Waals surface area contributed by atoms with Crippen molar-refractivity contribution in [3.05, 3.63) is 23.8 Å². The largest absolute Gasteiger partial charge is 0.399 e. The van der Waals surface area contributed by atoms with E-state index < -0.39 is 0 Å². The fraction of sp³-hybridized carbons (Fsp3) is 0.500. The predicted octanol–water partition coefficient (Wildman–Crippen LogP) is 3.13. The van der Waals surface area contributed by atoms with Crippen LogP contribution in [0.1, 0.15) is 18.9 Å². The van der Waals surface area contributed by atoms with Gasteiger partial charge in [0, 0.05) is 17.4 Å². The normalized spacial score (nSPS) is 12.5. The van der Waals surface area contributed by atoms with Crippen LogP contribution in [0.25, 0.3) is 0 Å². The Kier molecular flexibility index (Phi) is 4.82. The predicted molar refractivity (Wildman–Crippen MR) is 71.7 cm³/mol. The van der Waals surface area contributed by atoms with E-state index in [0.29, 0.717) is 6.04 Å². The highest BCUT2D eigenvalue weighted by Crippen LogP contribution is 2.19. The van der Waals surface area contributed by atoms with E-state index in [1.165, 1.54) is 17.7 Å². The van der Waals surface area contributed by atoms with Crippen molar-refractivity contribution in [2.45, 2.75) is 26.3 Å². The van der Waals surface area contributed by atoms with E-state index in [1.54, 1.807) is 0 Å². The van der Waals surface area contributed by atoms with Crippen molar-refractivity contribution >= 4 is 23.1 Å². The second-order valence-corrected chi connectivity index (χ2v) is 4.89. The van der Waals surface area contributed by atoms with E-state index in [9.17, 15) is 0 Å². The topological polar surface area (TPSA) is 38.0 Å². The number of hydrogen-bond donors (Lipinski definition) is 2. The van der Waals surface area contributed by atoms with E-state index >= 15 is 0 Å². The van der Waals surface area contributed by atoms with Crippen molar-refractivity contribution < 1.29 is 0 Å². The van der Waals surface area contributed by atoms with Gasteiger partial charge in [0.15, 0.2) is 0 Å². The minimum atomic E-state index is 0.498. The number of nitrogens with one attached hydrogen (secondary N) is 1. The Morgan fingerprint density at radius 2 is 2.20 bits per heavy atom. The number of nitrogen functional groups attached to an aromatic ring is 1.